The summed E-state index contributed by atoms with van der Waals surface area (Å²) in [5.74, 6) is 1.15. The average molecular weight is 356 g/mol. The van der Waals surface area contributed by atoms with Gasteiger partial charge in [0.25, 0.3) is 0 Å². The molecular weight excluding hydrogens is 347 g/mol. The van der Waals surface area contributed by atoms with Gasteiger partial charge in [-0.05, 0) is 36.4 Å². The molecule has 1 heterocycles. The molecule has 0 bridgehead atoms. The molecule has 3 rings (SSSR count). The molecule has 3 aromatic rings. The number of alkyl halides is 1. The molecule has 0 radical (unpaired) electrons. The number of benzene rings is 2. The van der Waals surface area contributed by atoms with Crippen molar-refractivity contribution in [1.82, 2.24) is 9.55 Å². The molecule has 0 N–H and O–H groups in total. The number of halogens is 3. The summed E-state index contributed by atoms with van der Waals surface area (Å²) < 4.78 is 3.04. The number of imidazole rings is 1. The van der Waals surface area contributed by atoms with Crippen LogP contribution >= 0.6 is 39.1 Å². The number of aromatic nitrogens is 2. The van der Waals surface area contributed by atoms with Crippen LogP contribution in [0, 0.1) is 0 Å². The molecule has 0 saturated heterocycles. The monoisotopic (exact) mass is 354 g/mol. The van der Waals surface area contributed by atoms with Gasteiger partial charge in [0, 0.05) is 15.2 Å². The molecule has 0 atom stereocenters. The zero-order chi connectivity index (χ0) is 13.4. The normalized spacial score (nSPS) is 11.1. The van der Waals surface area contributed by atoms with Crippen molar-refractivity contribution < 1.29 is 0 Å². The quantitative estimate of drug-likeness (QED) is 0.579. The first-order chi connectivity index (χ1) is 9.19. The van der Waals surface area contributed by atoms with E-state index in [1.165, 1.54) is 0 Å². The fourth-order valence-corrected chi connectivity index (χ4v) is 2.82. The highest BCUT2D eigenvalue weighted by Crippen LogP contribution is 2.26. The first-order valence-electron chi connectivity index (χ1n) is 5.68. The summed E-state index contributed by atoms with van der Waals surface area (Å²) in [4.78, 5) is 4.54. The van der Waals surface area contributed by atoms with Gasteiger partial charge in [-0.3, -0.25) is 4.57 Å². The largest absolute Gasteiger partial charge is 0.295 e. The number of hydrogen-bond donors (Lipinski definition) is 0. The van der Waals surface area contributed by atoms with Crippen LogP contribution in [0.2, 0.25) is 5.02 Å². The standard InChI is InChI=1S/C14H9BrCl2N2/c15-9-2-1-3-11(6-9)19-13-7-10(17)4-5-12(13)18-14(19)8-16/h1-7H,8H2. The van der Waals surface area contributed by atoms with Crippen LogP contribution < -0.4 is 0 Å². The summed E-state index contributed by atoms with van der Waals surface area (Å²) in [6.07, 6.45) is 0. The van der Waals surface area contributed by atoms with Crippen LogP contribution in [0.3, 0.4) is 0 Å². The van der Waals surface area contributed by atoms with Crippen LogP contribution in [0.25, 0.3) is 16.7 Å². The SMILES string of the molecule is ClCc1nc2ccc(Cl)cc2n1-c1cccc(Br)c1. The van der Waals surface area contributed by atoms with Gasteiger partial charge in [-0.25, -0.2) is 4.98 Å². The summed E-state index contributed by atoms with van der Waals surface area (Å²) in [6, 6.07) is 13.6. The molecular formula is C14H9BrCl2N2. The zero-order valence-electron chi connectivity index (χ0n) is 9.78. The maximum absolute atomic E-state index is 6.08. The van der Waals surface area contributed by atoms with Crippen LogP contribution in [-0.2, 0) is 5.88 Å². The lowest BCUT2D eigenvalue weighted by molar-refractivity contribution is 0.981. The Labute approximate surface area is 129 Å². The number of nitrogens with zero attached hydrogens (tertiary/aromatic N) is 2. The van der Waals surface area contributed by atoms with E-state index < -0.39 is 0 Å². The van der Waals surface area contributed by atoms with E-state index in [9.17, 15) is 0 Å². The van der Waals surface area contributed by atoms with Gasteiger partial charge in [0.15, 0.2) is 0 Å². The number of fused-ring (bicyclic) bond motifs is 1. The fraction of sp³-hybridized carbons (Fsp3) is 0.0714. The van der Waals surface area contributed by atoms with Gasteiger partial charge in [0.05, 0.1) is 16.9 Å². The number of rotatable bonds is 2. The second-order valence-corrected chi connectivity index (χ2v) is 5.73. The average Bonchev–Trinajstić information content (AvgIpc) is 2.76. The zero-order valence-corrected chi connectivity index (χ0v) is 12.9. The van der Waals surface area contributed by atoms with Gasteiger partial charge in [-0.1, -0.05) is 33.6 Å². The van der Waals surface area contributed by atoms with Gasteiger partial charge in [0.1, 0.15) is 5.82 Å². The van der Waals surface area contributed by atoms with Gasteiger partial charge < -0.3 is 0 Å². The lowest BCUT2D eigenvalue weighted by atomic mass is 10.3. The molecule has 2 aromatic carbocycles. The Hall–Kier alpha value is -1.03. The molecule has 1 aromatic heterocycles. The predicted octanol–water partition coefficient (Wildman–Crippen LogP) is 5.18. The molecule has 0 fully saturated rings. The van der Waals surface area contributed by atoms with Crippen LogP contribution in [0.5, 0.6) is 0 Å². The second-order valence-electron chi connectivity index (χ2n) is 4.11. The minimum atomic E-state index is 0.346. The Bertz CT molecular complexity index is 752. The second kappa shape index (κ2) is 5.16. The molecule has 0 spiro atoms. The third-order valence-electron chi connectivity index (χ3n) is 2.87. The minimum Gasteiger partial charge on any atom is -0.295 e. The van der Waals surface area contributed by atoms with Crippen molar-refractivity contribution in [2.45, 2.75) is 5.88 Å². The highest BCUT2D eigenvalue weighted by molar-refractivity contribution is 9.10. The van der Waals surface area contributed by atoms with Crippen LogP contribution in [0.1, 0.15) is 5.82 Å². The first-order valence-corrected chi connectivity index (χ1v) is 7.38. The highest BCUT2D eigenvalue weighted by atomic mass is 79.9. The topological polar surface area (TPSA) is 17.8 Å². The molecule has 5 heteroatoms. The van der Waals surface area contributed by atoms with E-state index in [0.29, 0.717) is 10.9 Å². The van der Waals surface area contributed by atoms with Crippen LogP contribution in [0.15, 0.2) is 46.9 Å². The first kappa shape index (κ1) is 13.0. The van der Waals surface area contributed by atoms with Gasteiger partial charge in [0.2, 0.25) is 0 Å². The van der Waals surface area contributed by atoms with Gasteiger partial charge in [-0.15, -0.1) is 11.6 Å². The van der Waals surface area contributed by atoms with E-state index in [4.69, 9.17) is 23.2 Å². The molecule has 19 heavy (non-hydrogen) atoms. The molecule has 0 aliphatic rings. The Morgan fingerprint density at radius 3 is 2.74 bits per heavy atom. The molecule has 0 saturated carbocycles. The Balaban J connectivity index is 2.34. The molecule has 2 nitrogen and oxygen atoms in total. The molecule has 0 unspecified atom stereocenters. The van der Waals surface area contributed by atoms with Gasteiger partial charge in [-0.2, -0.15) is 0 Å². The van der Waals surface area contributed by atoms with Gasteiger partial charge >= 0.3 is 0 Å². The third-order valence-corrected chi connectivity index (χ3v) is 3.84. The van der Waals surface area contributed by atoms with E-state index in [0.717, 1.165) is 27.0 Å². The van der Waals surface area contributed by atoms with Crippen molar-refractivity contribution in [3.63, 3.8) is 0 Å². The lowest BCUT2D eigenvalue weighted by Gasteiger charge is -2.08. The number of hydrogen-bond acceptors (Lipinski definition) is 1. The molecule has 0 amide bonds. The van der Waals surface area contributed by atoms with Crippen molar-refractivity contribution in [3.05, 3.63) is 57.8 Å². The van der Waals surface area contributed by atoms with Crippen molar-refractivity contribution in [2.75, 3.05) is 0 Å². The summed E-state index contributed by atoms with van der Waals surface area (Å²) in [6.45, 7) is 0. The summed E-state index contributed by atoms with van der Waals surface area (Å²) in [5.41, 5.74) is 2.86. The van der Waals surface area contributed by atoms with E-state index in [2.05, 4.69) is 20.9 Å². The third kappa shape index (κ3) is 2.38. The van der Waals surface area contributed by atoms with Crippen molar-refractivity contribution >= 4 is 50.2 Å². The van der Waals surface area contributed by atoms with Crippen molar-refractivity contribution in [2.24, 2.45) is 0 Å². The lowest BCUT2D eigenvalue weighted by Crippen LogP contribution is -1.99. The van der Waals surface area contributed by atoms with E-state index in [1.807, 2.05) is 47.0 Å². The fourth-order valence-electron chi connectivity index (χ4n) is 2.09. The molecule has 96 valence electrons. The maximum Gasteiger partial charge on any atom is 0.129 e. The van der Waals surface area contributed by atoms with E-state index in [-0.39, 0.29) is 0 Å². The Morgan fingerprint density at radius 1 is 1.16 bits per heavy atom. The predicted molar refractivity (Wildman–Crippen MR) is 83.3 cm³/mol. The van der Waals surface area contributed by atoms with Crippen molar-refractivity contribution in [3.8, 4) is 5.69 Å². The highest BCUT2D eigenvalue weighted by Gasteiger charge is 2.12. The Morgan fingerprint density at radius 2 is 2.00 bits per heavy atom. The Kier molecular flexibility index (Phi) is 3.52. The summed E-state index contributed by atoms with van der Waals surface area (Å²) in [7, 11) is 0. The smallest absolute Gasteiger partial charge is 0.129 e. The minimum absolute atomic E-state index is 0.346. The molecule has 0 aliphatic heterocycles. The van der Waals surface area contributed by atoms with E-state index in [1.54, 1.807) is 0 Å². The molecule has 0 aliphatic carbocycles. The van der Waals surface area contributed by atoms with Crippen molar-refractivity contribution in [1.29, 1.82) is 0 Å². The van der Waals surface area contributed by atoms with Crippen LogP contribution in [-0.4, -0.2) is 9.55 Å². The van der Waals surface area contributed by atoms with E-state index >= 15 is 0 Å². The maximum atomic E-state index is 6.08. The van der Waals surface area contributed by atoms with Crippen LogP contribution in [0.4, 0.5) is 0 Å². The summed E-state index contributed by atoms with van der Waals surface area (Å²) in [5, 5.41) is 0.685. The summed E-state index contributed by atoms with van der Waals surface area (Å²) >= 11 is 15.6.